The predicted molar refractivity (Wildman–Crippen MR) is 145 cm³/mol. The minimum Gasteiger partial charge on any atom is -0.384 e. The van der Waals surface area contributed by atoms with Crippen molar-refractivity contribution in [3.8, 4) is 5.69 Å². The summed E-state index contributed by atoms with van der Waals surface area (Å²) in [6, 6.07) is 4.20. The summed E-state index contributed by atoms with van der Waals surface area (Å²) in [6.07, 6.45) is 14.7. The normalized spacial score (nSPS) is 19.9. The molecule has 37 heavy (non-hydrogen) atoms. The Labute approximate surface area is 215 Å². The van der Waals surface area contributed by atoms with E-state index in [1.165, 1.54) is 12.0 Å². The number of rotatable bonds is 5. The Morgan fingerprint density at radius 2 is 1.95 bits per heavy atom. The Bertz CT molecular complexity index is 1590. The van der Waals surface area contributed by atoms with Crippen LogP contribution in [0.15, 0.2) is 30.1 Å². The molecule has 2 aliphatic carbocycles. The minimum absolute atomic E-state index is 0.0775. The smallest absolute Gasteiger partial charge is 0.253 e. The first-order chi connectivity index (χ1) is 18.0. The predicted octanol–water partition coefficient (Wildman–Crippen LogP) is 5.51. The molecule has 190 valence electrons. The fourth-order valence-electron chi connectivity index (χ4n) is 6.03. The van der Waals surface area contributed by atoms with E-state index in [1.54, 1.807) is 6.20 Å². The summed E-state index contributed by atoms with van der Waals surface area (Å²) in [4.78, 5) is 17.6. The number of aromatic nitrogens is 4. The highest BCUT2D eigenvalue weighted by Crippen LogP contribution is 2.46. The maximum absolute atomic E-state index is 12.7. The molecular formula is C29H32N6O2. The quantitative estimate of drug-likeness (QED) is 0.378. The number of benzene rings is 1. The zero-order valence-electron chi connectivity index (χ0n) is 21.2. The number of nitrogens with zero attached hydrogens (tertiary/aromatic N) is 4. The third-order valence-corrected chi connectivity index (χ3v) is 8.27. The Morgan fingerprint density at radius 1 is 1.11 bits per heavy atom. The Morgan fingerprint density at radius 3 is 2.62 bits per heavy atom. The van der Waals surface area contributed by atoms with Gasteiger partial charge in [0, 0.05) is 35.1 Å². The van der Waals surface area contributed by atoms with E-state index in [0.717, 1.165) is 90.5 Å². The lowest BCUT2D eigenvalue weighted by atomic mass is 9.89. The van der Waals surface area contributed by atoms with Crippen molar-refractivity contribution in [1.29, 1.82) is 0 Å². The lowest BCUT2D eigenvalue weighted by Gasteiger charge is -2.23. The van der Waals surface area contributed by atoms with Gasteiger partial charge in [0.2, 0.25) is 0 Å². The van der Waals surface area contributed by atoms with E-state index < -0.39 is 5.91 Å². The molecule has 3 fully saturated rings. The average molecular weight is 497 g/mol. The van der Waals surface area contributed by atoms with Gasteiger partial charge >= 0.3 is 0 Å². The topological polar surface area (TPSA) is 114 Å². The highest BCUT2D eigenvalue weighted by atomic mass is 16.5. The van der Waals surface area contributed by atoms with Crippen molar-refractivity contribution in [2.75, 3.05) is 12.3 Å². The number of primary amides is 1. The molecule has 8 nitrogen and oxygen atoms in total. The number of fused-ring (bicyclic) bond motifs is 2. The van der Waals surface area contributed by atoms with Gasteiger partial charge in [-0.3, -0.25) is 14.3 Å². The molecule has 1 aromatic carbocycles. The number of hydrogen-bond acceptors (Lipinski definition) is 5. The lowest BCUT2D eigenvalue weighted by Crippen LogP contribution is -2.19. The first-order valence-corrected chi connectivity index (χ1v) is 13.4. The third-order valence-electron chi connectivity index (χ3n) is 8.27. The highest BCUT2D eigenvalue weighted by molar-refractivity contribution is 6.14. The minimum atomic E-state index is -0.541. The van der Waals surface area contributed by atoms with Gasteiger partial charge in [-0.15, -0.1) is 0 Å². The van der Waals surface area contributed by atoms with Crippen LogP contribution in [0, 0.1) is 6.92 Å². The molecule has 1 saturated heterocycles. The molecule has 3 aromatic heterocycles. The van der Waals surface area contributed by atoms with E-state index in [1.807, 2.05) is 15.4 Å². The maximum Gasteiger partial charge on any atom is 0.253 e. The number of carbonyl (C=O) groups excluding carboxylic acids is 1. The second-order valence-electron chi connectivity index (χ2n) is 10.8. The van der Waals surface area contributed by atoms with Crippen LogP contribution in [0.1, 0.15) is 90.7 Å². The Balaban J connectivity index is 1.55. The lowest BCUT2D eigenvalue weighted by molar-refractivity contribution is -0.0366. The Kier molecular flexibility index (Phi) is 5.15. The van der Waals surface area contributed by atoms with E-state index in [-0.39, 0.29) is 6.23 Å². The van der Waals surface area contributed by atoms with E-state index in [9.17, 15) is 4.79 Å². The summed E-state index contributed by atoms with van der Waals surface area (Å²) in [5.41, 5.74) is 20.5. The molecule has 1 unspecified atom stereocenters. The molecule has 0 spiro atoms. The number of amides is 1. The molecule has 1 amide bonds. The Hall–Kier alpha value is -3.65. The van der Waals surface area contributed by atoms with Crippen molar-refractivity contribution in [3.05, 3.63) is 52.5 Å². The fraction of sp³-hybridized carbons (Fsp3) is 0.414. The molecule has 4 aromatic rings. The van der Waals surface area contributed by atoms with Crippen LogP contribution in [-0.2, 0) is 4.74 Å². The first-order valence-electron chi connectivity index (χ1n) is 13.4. The van der Waals surface area contributed by atoms with Crippen LogP contribution in [0.3, 0.4) is 0 Å². The zero-order valence-corrected chi connectivity index (χ0v) is 21.2. The summed E-state index contributed by atoms with van der Waals surface area (Å²) in [6.45, 7) is 2.82. The van der Waals surface area contributed by atoms with Gasteiger partial charge in [0.15, 0.2) is 6.23 Å². The molecular weight excluding hydrogens is 464 g/mol. The number of anilines is 1. The molecule has 4 N–H and O–H groups in total. The van der Waals surface area contributed by atoms with Crippen molar-refractivity contribution in [1.82, 2.24) is 19.3 Å². The zero-order chi connectivity index (χ0) is 25.3. The third kappa shape index (κ3) is 3.49. The number of ether oxygens (including phenoxy) is 1. The SMILES string of the molecule is Cc1ccc2c(cnn2C2CCCCO2)c1-n1c(N)c(C(N)=O)c2cnc(C3CC3)c(C=C3CCC3)c21. The summed E-state index contributed by atoms with van der Waals surface area (Å²) in [5.74, 6) is 0.254. The van der Waals surface area contributed by atoms with Gasteiger partial charge in [-0.25, -0.2) is 4.68 Å². The standard InChI is InChI=1S/C29H32N6O2/c1-16-8-11-22-20(15-33-35(22)23-7-2-3-12-37-23)26(16)34-27-19(13-17-5-4-6-17)25(18-9-10-18)32-14-21(27)24(28(34)30)29(31)36/h8,11,13-15,18,23H,2-7,9-10,12,30H2,1H3,(H2,31,36). The molecule has 7 rings (SSSR count). The number of nitrogen functional groups attached to an aromatic ring is 1. The monoisotopic (exact) mass is 496 g/mol. The van der Waals surface area contributed by atoms with Gasteiger partial charge in [0.05, 0.1) is 34.2 Å². The molecule has 0 radical (unpaired) electrons. The summed E-state index contributed by atoms with van der Waals surface area (Å²) < 4.78 is 10.1. The van der Waals surface area contributed by atoms with Crippen LogP contribution in [0.5, 0.6) is 0 Å². The van der Waals surface area contributed by atoms with Crippen molar-refractivity contribution in [3.63, 3.8) is 0 Å². The molecule has 0 bridgehead atoms. The van der Waals surface area contributed by atoms with Crippen molar-refractivity contribution >= 4 is 39.6 Å². The second-order valence-corrected chi connectivity index (χ2v) is 10.8. The molecule has 2 saturated carbocycles. The summed E-state index contributed by atoms with van der Waals surface area (Å²) in [7, 11) is 0. The van der Waals surface area contributed by atoms with Crippen LogP contribution < -0.4 is 11.5 Å². The van der Waals surface area contributed by atoms with Crippen LogP contribution >= 0.6 is 0 Å². The summed E-state index contributed by atoms with van der Waals surface area (Å²) >= 11 is 0. The van der Waals surface area contributed by atoms with E-state index in [0.29, 0.717) is 22.7 Å². The number of nitrogens with two attached hydrogens (primary N) is 2. The number of pyridine rings is 1. The van der Waals surface area contributed by atoms with E-state index >= 15 is 0 Å². The van der Waals surface area contributed by atoms with E-state index in [2.05, 4.69) is 25.1 Å². The number of allylic oxidation sites excluding steroid dienone is 1. The molecule has 4 heterocycles. The average Bonchev–Trinajstić information content (AvgIpc) is 3.55. The summed E-state index contributed by atoms with van der Waals surface area (Å²) in [5, 5.41) is 6.45. The van der Waals surface area contributed by atoms with Gasteiger partial charge in [-0.1, -0.05) is 17.7 Å². The number of aryl methyl sites for hydroxylation is 1. The van der Waals surface area contributed by atoms with Gasteiger partial charge < -0.3 is 16.2 Å². The van der Waals surface area contributed by atoms with Gasteiger partial charge in [0.25, 0.3) is 5.91 Å². The van der Waals surface area contributed by atoms with E-state index in [4.69, 9.17) is 26.3 Å². The fourth-order valence-corrected chi connectivity index (χ4v) is 6.03. The molecule has 3 aliphatic rings. The highest BCUT2D eigenvalue weighted by Gasteiger charge is 2.32. The van der Waals surface area contributed by atoms with Crippen LogP contribution in [-0.4, -0.2) is 31.8 Å². The van der Waals surface area contributed by atoms with Gasteiger partial charge in [0.1, 0.15) is 5.82 Å². The number of hydrogen-bond donors (Lipinski definition) is 2. The van der Waals surface area contributed by atoms with Crippen molar-refractivity contribution in [2.45, 2.75) is 70.4 Å². The van der Waals surface area contributed by atoms with Crippen molar-refractivity contribution < 1.29 is 9.53 Å². The van der Waals surface area contributed by atoms with Gasteiger partial charge in [-0.2, -0.15) is 5.10 Å². The van der Waals surface area contributed by atoms with Crippen molar-refractivity contribution in [2.24, 2.45) is 5.73 Å². The molecule has 1 aliphatic heterocycles. The van der Waals surface area contributed by atoms with Crippen LogP contribution in [0.25, 0.3) is 33.6 Å². The van der Waals surface area contributed by atoms with Crippen LogP contribution in [0.4, 0.5) is 5.82 Å². The molecule has 8 heteroatoms. The number of carbonyl (C=O) groups is 1. The van der Waals surface area contributed by atoms with Gasteiger partial charge in [-0.05, 0) is 69.9 Å². The first kappa shape index (κ1) is 22.5. The maximum atomic E-state index is 12.7. The molecule has 1 atom stereocenters. The van der Waals surface area contributed by atoms with Crippen LogP contribution in [0.2, 0.25) is 0 Å². The second kappa shape index (κ2) is 8.45. The largest absolute Gasteiger partial charge is 0.384 e.